The Hall–Kier alpha value is -3.74. The van der Waals surface area contributed by atoms with Crippen molar-refractivity contribution in [3.05, 3.63) is 84.1 Å². The van der Waals surface area contributed by atoms with Crippen LogP contribution in [0.3, 0.4) is 0 Å². The quantitative estimate of drug-likeness (QED) is 0.550. The highest BCUT2D eigenvalue weighted by atomic mass is 19.1. The fourth-order valence-corrected chi connectivity index (χ4v) is 2.91. The Bertz CT molecular complexity index is 1110. The highest BCUT2D eigenvalue weighted by molar-refractivity contribution is 6.04. The van der Waals surface area contributed by atoms with Crippen LogP contribution in [0.15, 0.2) is 71.3 Å². The van der Waals surface area contributed by atoms with E-state index in [9.17, 15) is 13.6 Å². The lowest BCUT2D eigenvalue weighted by Gasteiger charge is -2.08. The number of nitrogens with one attached hydrogen (secondary N) is 1. The number of hydrogen-bond donors (Lipinski definition) is 1. The molecular formula is C21H15F2N3O2. The van der Waals surface area contributed by atoms with Crippen LogP contribution in [-0.4, -0.2) is 15.7 Å². The van der Waals surface area contributed by atoms with Crippen LogP contribution in [0.4, 0.5) is 14.5 Å². The van der Waals surface area contributed by atoms with Crippen LogP contribution in [-0.2, 0) is 7.05 Å². The first-order valence-corrected chi connectivity index (χ1v) is 8.46. The van der Waals surface area contributed by atoms with E-state index in [1.165, 1.54) is 6.07 Å². The van der Waals surface area contributed by atoms with Crippen molar-refractivity contribution >= 4 is 11.6 Å². The molecule has 0 aliphatic carbocycles. The maximum atomic E-state index is 13.7. The van der Waals surface area contributed by atoms with Gasteiger partial charge < -0.3 is 9.73 Å². The molecule has 1 amide bonds. The summed E-state index contributed by atoms with van der Waals surface area (Å²) >= 11 is 0. The molecule has 2 aromatic heterocycles. The summed E-state index contributed by atoms with van der Waals surface area (Å²) in [4.78, 5) is 12.2. The zero-order chi connectivity index (χ0) is 19.7. The number of carbonyl (C=O) groups excluding carboxylic acids is 1. The monoisotopic (exact) mass is 379 g/mol. The maximum absolute atomic E-state index is 13.7. The fraction of sp³-hybridized carbons (Fsp3) is 0.0476. The van der Waals surface area contributed by atoms with E-state index >= 15 is 0 Å². The number of anilines is 1. The van der Waals surface area contributed by atoms with Gasteiger partial charge in [-0.2, -0.15) is 5.10 Å². The van der Waals surface area contributed by atoms with Crippen LogP contribution in [0.1, 0.15) is 10.4 Å². The molecule has 5 nitrogen and oxygen atoms in total. The van der Waals surface area contributed by atoms with Gasteiger partial charge in [0.15, 0.2) is 5.76 Å². The first-order chi connectivity index (χ1) is 13.5. The minimum Gasteiger partial charge on any atom is -0.463 e. The number of amides is 1. The smallest absolute Gasteiger partial charge is 0.261 e. The van der Waals surface area contributed by atoms with Gasteiger partial charge in [-0.1, -0.05) is 18.2 Å². The van der Waals surface area contributed by atoms with E-state index in [0.29, 0.717) is 17.1 Å². The van der Waals surface area contributed by atoms with E-state index in [1.54, 1.807) is 41.3 Å². The van der Waals surface area contributed by atoms with Crippen LogP contribution < -0.4 is 5.32 Å². The average Bonchev–Trinajstić information content (AvgIpc) is 3.32. The van der Waals surface area contributed by atoms with Crippen molar-refractivity contribution in [2.75, 3.05) is 5.32 Å². The summed E-state index contributed by atoms with van der Waals surface area (Å²) in [6.45, 7) is 0. The van der Waals surface area contributed by atoms with Gasteiger partial charge in [0.05, 0.1) is 12.0 Å². The Morgan fingerprint density at radius 1 is 1.04 bits per heavy atom. The van der Waals surface area contributed by atoms with E-state index in [0.717, 1.165) is 23.4 Å². The van der Waals surface area contributed by atoms with E-state index in [1.807, 2.05) is 19.2 Å². The van der Waals surface area contributed by atoms with Crippen LogP contribution >= 0.6 is 0 Å². The Morgan fingerprint density at radius 2 is 1.75 bits per heavy atom. The number of aromatic nitrogens is 2. The number of hydrogen-bond acceptors (Lipinski definition) is 3. The summed E-state index contributed by atoms with van der Waals surface area (Å²) in [7, 11) is 1.82. The van der Waals surface area contributed by atoms with Crippen molar-refractivity contribution in [3.8, 4) is 22.7 Å². The largest absolute Gasteiger partial charge is 0.463 e. The molecule has 2 heterocycles. The zero-order valence-electron chi connectivity index (χ0n) is 14.8. The van der Waals surface area contributed by atoms with E-state index in [2.05, 4.69) is 10.4 Å². The summed E-state index contributed by atoms with van der Waals surface area (Å²) in [5.74, 6) is -1.99. The molecule has 4 rings (SSSR count). The van der Waals surface area contributed by atoms with E-state index < -0.39 is 23.1 Å². The van der Waals surface area contributed by atoms with Crippen LogP contribution in [0.5, 0.6) is 0 Å². The van der Waals surface area contributed by atoms with Crippen LogP contribution in [0.25, 0.3) is 22.7 Å². The van der Waals surface area contributed by atoms with Crippen LogP contribution in [0.2, 0.25) is 0 Å². The molecule has 7 heteroatoms. The summed E-state index contributed by atoms with van der Waals surface area (Å²) in [5, 5.41) is 6.93. The number of rotatable bonds is 4. The van der Waals surface area contributed by atoms with Crippen molar-refractivity contribution in [3.63, 3.8) is 0 Å². The number of carbonyl (C=O) groups is 1. The first kappa shape index (κ1) is 17.7. The van der Waals surface area contributed by atoms with Gasteiger partial charge >= 0.3 is 0 Å². The molecule has 0 aliphatic rings. The number of nitrogens with zero attached hydrogens (tertiary/aromatic N) is 2. The van der Waals surface area contributed by atoms with Gasteiger partial charge in [-0.05, 0) is 48.0 Å². The van der Waals surface area contributed by atoms with Crippen LogP contribution in [0, 0.1) is 11.6 Å². The lowest BCUT2D eigenvalue weighted by molar-refractivity contribution is 0.101. The SMILES string of the molecule is Cn1nc(-c2ccco2)cc1-c1ccc(NC(=O)c2c(F)cccc2F)cc1. The van der Waals surface area contributed by atoms with Gasteiger partial charge in [0.25, 0.3) is 5.91 Å². The fourth-order valence-electron chi connectivity index (χ4n) is 2.91. The molecule has 0 fully saturated rings. The minimum absolute atomic E-state index is 0.421. The van der Waals surface area contributed by atoms with Crippen molar-refractivity contribution in [1.29, 1.82) is 0 Å². The van der Waals surface area contributed by atoms with E-state index in [-0.39, 0.29) is 0 Å². The number of halogens is 2. The van der Waals surface area contributed by atoms with Gasteiger partial charge in [0, 0.05) is 12.7 Å². The lowest BCUT2D eigenvalue weighted by atomic mass is 10.1. The summed E-state index contributed by atoms with van der Waals surface area (Å²) in [6.07, 6.45) is 1.58. The van der Waals surface area contributed by atoms with Crippen molar-refractivity contribution in [1.82, 2.24) is 9.78 Å². The van der Waals surface area contributed by atoms with Gasteiger partial charge in [0.1, 0.15) is 22.9 Å². The summed E-state index contributed by atoms with van der Waals surface area (Å²) < 4.78 is 34.6. The molecule has 2 aromatic carbocycles. The molecule has 1 N–H and O–H groups in total. The third-order valence-corrected chi connectivity index (χ3v) is 4.28. The number of aryl methyl sites for hydroxylation is 1. The molecule has 4 aromatic rings. The Kier molecular flexibility index (Phi) is 4.49. The Labute approximate surface area is 159 Å². The Morgan fingerprint density at radius 3 is 2.39 bits per heavy atom. The number of benzene rings is 2. The van der Waals surface area contributed by atoms with Gasteiger partial charge in [-0.25, -0.2) is 8.78 Å². The topological polar surface area (TPSA) is 60.1 Å². The molecule has 28 heavy (non-hydrogen) atoms. The number of furan rings is 1. The molecule has 0 atom stereocenters. The molecular weight excluding hydrogens is 364 g/mol. The summed E-state index contributed by atoms with van der Waals surface area (Å²) in [6, 6.07) is 15.7. The minimum atomic E-state index is -0.908. The first-order valence-electron chi connectivity index (χ1n) is 8.46. The highest BCUT2D eigenvalue weighted by Gasteiger charge is 2.17. The molecule has 140 valence electrons. The standard InChI is InChI=1S/C21H15F2N3O2/c1-26-18(12-17(25-26)19-6-3-11-28-19)13-7-9-14(10-8-13)24-21(27)20-15(22)4-2-5-16(20)23/h2-12H,1H3,(H,24,27). The van der Waals surface area contributed by atoms with Crippen molar-refractivity contribution in [2.45, 2.75) is 0 Å². The molecule has 0 aliphatic heterocycles. The normalized spacial score (nSPS) is 10.8. The molecule has 0 spiro atoms. The molecule has 0 saturated carbocycles. The van der Waals surface area contributed by atoms with E-state index in [4.69, 9.17) is 4.42 Å². The van der Waals surface area contributed by atoms with Gasteiger partial charge in [-0.3, -0.25) is 9.48 Å². The Balaban J connectivity index is 1.56. The summed E-state index contributed by atoms with van der Waals surface area (Å²) in [5.41, 5.74) is 2.23. The second-order valence-electron chi connectivity index (χ2n) is 6.14. The maximum Gasteiger partial charge on any atom is 0.261 e. The predicted octanol–water partition coefficient (Wildman–Crippen LogP) is 4.88. The predicted molar refractivity (Wildman–Crippen MR) is 101 cm³/mol. The molecule has 0 radical (unpaired) electrons. The lowest BCUT2D eigenvalue weighted by Crippen LogP contribution is -2.15. The highest BCUT2D eigenvalue weighted by Crippen LogP contribution is 2.27. The second-order valence-corrected chi connectivity index (χ2v) is 6.14. The average molecular weight is 379 g/mol. The molecule has 0 saturated heterocycles. The molecule has 0 bridgehead atoms. The second kappa shape index (κ2) is 7.11. The van der Waals surface area contributed by atoms with Gasteiger partial charge in [0.2, 0.25) is 0 Å². The van der Waals surface area contributed by atoms with Crippen molar-refractivity contribution in [2.24, 2.45) is 7.05 Å². The third kappa shape index (κ3) is 3.29. The van der Waals surface area contributed by atoms with Crippen molar-refractivity contribution < 1.29 is 18.0 Å². The third-order valence-electron chi connectivity index (χ3n) is 4.28. The zero-order valence-corrected chi connectivity index (χ0v) is 14.8. The van der Waals surface area contributed by atoms with Gasteiger partial charge in [-0.15, -0.1) is 0 Å². The molecule has 0 unspecified atom stereocenters.